The number of nitrogens with zero attached hydrogens (tertiary/aromatic N) is 1. The summed E-state index contributed by atoms with van der Waals surface area (Å²) in [6.07, 6.45) is -5.19. The molecular weight excluding hydrogens is 293 g/mol. The zero-order chi connectivity index (χ0) is 16.0. The number of ether oxygens (including phenoxy) is 3. The lowest BCUT2D eigenvalue weighted by Crippen LogP contribution is -2.20. The van der Waals surface area contributed by atoms with E-state index in [9.17, 15) is 18.0 Å². The summed E-state index contributed by atoms with van der Waals surface area (Å²) < 4.78 is 50.7. The van der Waals surface area contributed by atoms with Crippen LogP contribution in [-0.4, -0.2) is 31.0 Å². The van der Waals surface area contributed by atoms with Crippen molar-refractivity contribution in [2.24, 2.45) is 5.73 Å². The van der Waals surface area contributed by atoms with E-state index in [-0.39, 0.29) is 36.7 Å². The molecule has 0 unspecified atom stereocenters. The maximum absolute atomic E-state index is 12.4. The average Bonchev–Trinajstić information content (AvgIpc) is 2.36. The van der Waals surface area contributed by atoms with Crippen molar-refractivity contribution >= 4 is 5.97 Å². The second-order valence-electron chi connectivity index (χ2n) is 3.83. The first kappa shape index (κ1) is 17.0. The Kier molecular flexibility index (Phi) is 5.77. The Morgan fingerprint density at radius 3 is 2.57 bits per heavy atom. The lowest BCUT2D eigenvalue weighted by molar-refractivity contribution is -0.274. The van der Waals surface area contributed by atoms with Crippen molar-refractivity contribution in [1.82, 2.24) is 4.98 Å². The normalized spacial score (nSPS) is 11.1. The molecule has 0 aliphatic rings. The summed E-state index contributed by atoms with van der Waals surface area (Å²) >= 11 is 0. The third-order valence-electron chi connectivity index (χ3n) is 2.35. The molecule has 2 N–H and O–H groups in total. The number of carbonyl (C=O) groups excluding carboxylic acids is 1. The molecule has 1 rings (SSSR count). The predicted octanol–water partition coefficient (Wildman–Crippen LogP) is 1.55. The van der Waals surface area contributed by atoms with Crippen LogP contribution in [0.1, 0.15) is 18.2 Å². The Bertz CT molecular complexity index is 506. The van der Waals surface area contributed by atoms with E-state index in [1.165, 1.54) is 7.11 Å². The lowest BCUT2D eigenvalue weighted by atomic mass is 10.2. The number of rotatable bonds is 6. The summed E-state index contributed by atoms with van der Waals surface area (Å²) in [5.41, 5.74) is 5.38. The van der Waals surface area contributed by atoms with E-state index >= 15 is 0 Å². The number of pyridine rings is 1. The zero-order valence-corrected chi connectivity index (χ0v) is 11.5. The summed E-state index contributed by atoms with van der Waals surface area (Å²) in [5.74, 6) is -1.29. The van der Waals surface area contributed by atoms with Crippen LogP contribution in [0.3, 0.4) is 0 Å². The minimum absolute atomic E-state index is 0.0294. The molecule has 1 aromatic rings. The van der Waals surface area contributed by atoms with E-state index in [4.69, 9.17) is 15.2 Å². The minimum Gasteiger partial charge on any atom is -0.481 e. The Morgan fingerprint density at radius 2 is 2.10 bits per heavy atom. The van der Waals surface area contributed by atoms with Gasteiger partial charge in [0.05, 0.1) is 31.4 Å². The van der Waals surface area contributed by atoms with Crippen molar-refractivity contribution < 1.29 is 32.2 Å². The summed E-state index contributed by atoms with van der Waals surface area (Å²) in [4.78, 5) is 15.3. The predicted molar refractivity (Wildman–Crippen MR) is 65.7 cm³/mol. The van der Waals surface area contributed by atoms with Crippen molar-refractivity contribution in [3.05, 3.63) is 17.3 Å². The third-order valence-corrected chi connectivity index (χ3v) is 2.35. The molecule has 9 heteroatoms. The Labute approximate surface area is 119 Å². The fourth-order valence-electron chi connectivity index (χ4n) is 1.60. The van der Waals surface area contributed by atoms with Gasteiger partial charge in [0.1, 0.15) is 5.75 Å². The van der Waals surface area contributed by atoms with E-state index in [0.29, 0.717) is 0 Å². The molecule has 21 heavy (non-hydrogen) atoms. The number of carbonyl (C=O) groups is 1. The van der Waals surface area contributed by atoms with Crippen LogP contribution in [0, 0.1) is 0 Å². The summed E-state index contributed by atoms with van der Waals surface area (Å²) in [7, 11) is 1.23. The van der Waals surface area contributed by atoms with Crippen LogP contribution < -0.4 is 15.2 Å². The Morgan fingerprint density at radius 1 is 1.43 bits per heavy atom. The molecule has 0 atom stereocenters. The van der Waals surface area contributed by atoms with Crippen LogP contribution in [-0.2, 0) is 22.5 Å². The van der Waals surface area contributed by atoms with Crippen molar-refractivity contribution in [3.63, 3.8) is 0 Å². The lowest BCUT2D eigenvalue weighted by Gasteiger charge is -2.16. The Balaban J connectivity index is 3.16. The number of esters is 1. The van der Waals surface area contributed by atoms with Crippen LogP contribution in [0.2, 0.25) is 0 Å². The van der Waals surface area contributed by atoms with Crippen molar-refractivity contribution in [1.29, 1.82) is 0 Å². The van der Waals surface area contributed by atoms with Crippen LogP contribution in [0.15, 0.2) is 6.07 Å². The van der Waals surface area contributed by atoms with Gasteiger partial charge in [-0.3, -0.25) is 4.79 Å². The SMILES string of the molecule is CCOC(=O)Cc1cc(OC(F)(F)F)c(CN)c(OC)n1. The van der Waals surface area contributed by atoms with Gasteiger partial charge >= 0.3 is 12.3 Å². The highest BCUT2D eigenvalue weighted by Crippen LogP contribution is 2.32. The Hall–Kier alpha value is -2.03. The van der Waals surface area contributed by atoms with Gasteiger partial charge in [-0.05, 0) is 6.92 Å². The smallest absolute Gasteiger partial charge is 0.481 e. The second kappa shape index (κ2) is 7.11. The van der Waals surface area contributed by atoms with E-state index < -0.39 is 18.1 Å². The molecule has 0 radical (unpaired) electrons. The number of hydrogen-bond acceptors (Lipinski definition) is 6. The maximum Gasteiger partial charge on any atom is 0.573 e. The molecule has 0 saturated carbocycles. The molecule has 0 saturated heterocycles. The van der Waals surface area contributed by atoms with E-state index in [2.05, 4.69) is 9.72 Å². The van der Waals surface area contributed by atoms with Gasteiger partial charge in [0.2, 0.25) is 5.88 Å². The van der Waals surface area contributed by atoms with E-state index in [0.717, 1.165) is 6.07 Å². The third kappa shape index (κ3) is 5.10. The first-order valence-corrected chi connectivity index (χ1v) is 5.99. The topological polar surface area (TPSA) is 83.7 Å². The monoisotopic (exact) mass is 308 g/mol. The first-order valence-electron chi connectivity index (χ1n) is 5.99. The summed E-state index contributed by atoms with van der Waals surface area (Å²) in [5, 5.41) is 0. The molecule has 118 valence electrons. The quantitative estimate of drug-likeness (QED) is 0.803. The molecular formula is C12H15F3N2O4. The molecule has 0 amide bonds. The number of methoxy groups -OCH3 is 1. The number of alkyl halides is 3. The molecule has 1 heterocycles. The van der Waals surface area contributed by atoms with Gasteiger partial charge in [-0.25, -0.2) is 4.98 Å². The van der Waals surface area contributed by atoms with Gasteiger partial charge in [0.15, 0.2) is 0 Å². The van der Waals surface area contributed by atoms with E-state index in [1.54, 1.807) is 6.92 Å². The van der Waals surface area contributed by atoms with Crippen LogP contribution in [0.5, 0.6) is 11.6 Å². The highest BCUT2D eigenvalue weighted by molar-refractivity contribution is 5.72. The molecule has 0 spiro atoms. The number of halogens is 3. The fourth-order valence-corrected chi connectivity index (χ4v) is 1.60. The average molecular weight is 308 g/mol. The standard InChI is InChI=1S/C12H15F3N2O4/c1-3-20-10(18)5-7-4-9(21-12(13,14)15)8(6-16)11(17-7)19-2/h4H,3,5-6,16H2,1-2H3. The zero-order valence-electron chi connectivity index (χ0n) is 11.5. The maximum atomic E-state index is 12.4. The molecule has 0 aromatic carbocycles. The van der Waals surface area contributed by atoms with Gasteiger partial charge in [-0.15, -0.1) is 13.2 Å². The van der Waals surface area contributed by atoms with Crippen LogP contribution in [0.4, 0.5) is 13.2 Å². The summed E-state index contributed by atoms with van der Waals surface area (Å²) in [6, 6.07) is 0.995. The van der Waals surface area contributed by atoms with Gasteiger partial charge in [-0.1, -0.05) is 0 Å². The van der Waals surface area contributed by atoms with Crippen molar-refractivity contribution in [2.75, 3.05) is 13.7 Å². The van der Waals surface area contributed by atoms with Crippen molar-refractivity contribution in [3.8, 4) is 11.6 Å². The largest absolute Gasteiger partial charge is 0.573 e. The van der Waals surface area contributed by atoms with Crippen LogP contribution in [0.25, 0.3) is 0 Å². The van der Waals surface area contributed by atoms with Crippen molar-refractivity contribution in [2.45, 2.75) is 26.3 Å². The molecule has 6 nitrogen and oxygen atoms in total. The van der Waals surface area contributed by atoms with Gasteiger partial charge in [-0.2, -0.15) is 0 Å². The number of hydrogen-bond donors (Lipinski definition) is 1. The minimum atomic E-state index is -4.89. The molecule has 0 aliphatic carbocycles. The highest BCUT2D eigenvalue weighted by Gasteiger charge is 2.33. The van der Waals surface area contributed by atoms with Gasteiger partial charge < -0.3 is 19.9 Å². The number of nitrogens with two attached hydrogens (primary N) is 1. The summed E-state index contributed by atoms with van der Waals surface area (Å²) in [6.45, 7) is 1.51. The van der Waals surface area contributed by atoms with Gasteiger partial charge in [0.25, 0.3) is 0 Å². The van der Waals surface area contributed by atoms with E-state index in [1.807, 2.05) is 0 Å². The second-order valence-corrected chi connectivity index (χ2v) is 3.83. The molecule has 0 bridgehead atoms. The number of aromatic nitrogens is 1. The first-order chi connectivity index (χ1) is 9.80. The van der Waals surface area contributed by atoms with Crippen LogP contribution >= 0.6 is 0 Å². The van der Waals surface area contributed by atoms with Gasteiger partial charge in [0, 0.05) is 12.6 Å². The fraction of sp³-hybridized carbons (Fsp3) is 0.500. The molecule has 0 aliphatic heterocycles. The highest BCUT2D eigenvalue weighted by atomic mass is 19.4. The molecule has 1 aromatic heterocycles. The molecule has 0 fully saturated rings.